The Bertz CT molecular complexity index is 5170. The number of hydrogen-bond acceptors (Lipinski definition) is 12. The van der Waals surface area contributed by atoms with Crippen LogP contribution in [0.15, 0.2) is 188 Å². The Balaban J connectivity index is 0.000000265. The van der Waals surface area contributed by atoms with E-state index in [-0.39, 0.29) is 73.3 Å². The van der Waals surface area contributed by atoms with Gasteiger partial charge in [-0.15, -0.1) is 5.92 Å². The van der Waals surface area contributed by atoms with E-state index in [1.54, 1.807) is 76.2 Å². The number of aryl methyl sites for hydroxylation is 4. The van der Waals surface area contributed by atoms with Crippen LogP contribution in [0.2, 0.25) is 0 Å². The molecular formula is C105H129F6N9O9. The van der Waals surface area contributed by atoms with E-state index >= 15 is 0 Å². The highest BCUT2D eigenvalue weighted by Crippen LogP contribution is 2.23. The Labute approximate surface area is 758 Å². The molecule has 0 fully saturated rings. The molecule has 0 aromatic heterocycles. The number of carbonyl (C=O) groups is 6. The molecule has 9 N–H and O–H groups in total. The summed E-state index contributed by atoms with van der Waals surface area (Å²) in [6.45, 7) is 28.9. The first-order chi connectivity index (χ1) is 61.9. The van der Waals surface area contributed by atoms with Gasteiger partial charge in [-0.3, -0.25) is 28.8 Å². The molecule has 0 unspecified atom stereocenters. The van der Waals surface area contributed by atoms with Gasteiger partial charge in [-0.25, -0.2) is 26.3 Å². The Kier molecular flexibility index (Phi) is 44.3. The Morgan fingerprint density at radius 1 is 0.357 bits per heavy atom. The van der Waals surface area contributed by atoms with Crippen LogP contribution in [0.5, 0.6) is 0 Å². The van der Waals surface area contributed by atoms with Crippen molar-refractivity contribution in [3.05, 3.63) is 323 Å². The molecule has 6 amide bonds. The summed E-state index contributed by atoms with van der Waals surface area (Å²) >= 11 is 0. The molecule has 0 saturated carbocycles. The maximum atomic E-state index is 14.0. The Morgan fingerprint density at radius 3 is 0.961 bits per heavy atom. The molecule has 0 aliphatic rings. The standard InChI is InChI=1S/C35H45F2N3O3.C35H43F2N3O3.C35H41F2N3O3/c3*1-5-9-25-10-8-11-26(16-25)22-38-23-33(41)32(19-27-17-30(36)21-31(37)18-27)39-34(42)28-14-24(4)15-29(20-28)35(43)40(12-6-2)13-7-3/h8,10-11,14-18,20-21,32-33,38,41H,5-7,9,12-13,19,22-23H2,1-4H3,(H,39,42);5,8-11,14-18,20-21,32-33,38,41H,6-7,12-13,19,22-23H2,1-4H3,(H,39,42);8,10-11,14-18,20-21,32-33,38,41H,6-7,12-13,19,22-23H2,1-4H3,(H,39,42)/b;9-5-;/t3*32-,33+/m000/s1. The molecule has 690 valence electrons. The summed E-state index contributed by atoms with van der Waals surface area (Å²) in [6.07, 6.45) is 7.66. The quantitative estimate of drug-likeness (QED) is 0.0128. The molecule has 0 saturated heterocycles. The lowest BCUT2D eigenvalue weighted by Crippen LogP contribution is -2.48. The average Bonchev–Trinajstić information content (AvgIpc) is 0.828. The molecule has 0 spiro atoms. The molecule has 6 atom stereocenters. The molecule has 9 aromatic carbocycles. The summed E-state index contributed by atoms with van der Waals surface area (Å²) < 4.78 is 83.9. The van der Waals surface area contributed by atoms with Crippen LogP contribution in [-0.2, 0) is 45.3 Å². The number of halogens is 6. The van der Waals surface area contributed by atoms with E-state index in [2.05, 4.69) is 62.8 Å². The van der Waals surface area contributed by atoms with Crippen molar-refractivity contribution < 1.29 is 70.4 Å². The summed E-state index contributed by atoms with van der Waals surface area (Å²) in [5.41, 5.74) is 11.4. The number of benzene rings is 9. The third-order valence-corrected chi connectivity index (χ3v) is 21.1. The molecule has 24 heteroatoms. The zero-order valence-corrected chi connectivity index (χ0v) is 76.6. The Hall–Kier alpha value is -11.6. The van der Waals surface area contributed by atoms with E-state index in [1.807, 2.05) is 142 Å². The molecule has 18 nitrogen and oxygen atoms in total. The first-order valence-electron chi connectivity index (χ1n) is 44.9. The van der Waals surface area contributed by atoms with Crippen LogP contribution in [-0.4, -0.2) is 161 Å². The van der Waals surface area contributed by atoms with Crippen molar-refractivity contribution in [1.82, 2.24) is 46.6 Å². The average molecular weight is 1780 g/mol. The van der Waals surface area contributed by atoms with Crippen molar-refractivity contribution >= 4 is 41.5 Å². The lowest BCUT2D eigenvalue weighted by Gasteiger charge is -2.25. The summed E-state index contributed by atoms with van der Waals surface area (Å²) in [7, 11) is 0. The maximum absolute atomic E-state index is 14.0. The largest absolute Gasteiger partial charge is 0.390 e. The number of amides is 6. The zero-order valence-electron chi connectivity index (χ0n) is 76.6. The number of allylic oxidation sites excluding steroid dienone is 1. The molecular weight excluding hydrogens is 1650 g/mol. The Morgan fingerprint density at radius 2 is 0.651 bits per heavy atom. The van der Waals surface area contributed by atoms with E-state index in [1.165, 1.54) is 42.0 Å². The van der Waals surface area contributed by atoms with Gasteiger partial charge in [0.05, 0.1) is 36.4 Å². The normalized spacial score (nSPS) is 12.5. The van der Waals surface area contributed by atoms with Gasteiger partial charge in [-0.1, -0.05) is 134 Å². The highest BCUT2D eigenvalue weighted by atomic mass is 19.2. The highest BCUT2D eigenvalue weighted by Gasteiger charge is 2.30. The molecule has 9 rings (SSSR count). The maximum Gasteiger partial charge on any atom is 0.253 e. The smallest absolute Gasteiger partial charge is 0.253 e. The molecule has 0 heterocycles. The van der Waals surface area contributed by atoms with Gasteiger partial charge in [-0.2, -0.15) is 0 Å². The highest BCUT2D eigenvalue weighted by molar-refractivity contribution is 6.02. The number of rotatable bonds is 45. The second-order valence-corrected chi connectivity index (χ2v) is 32.8. The van der Waals surface area contributed by atoms with Crippen LogP contribution < -0.4 is 31.9 Å². The van der Waals surface area contributed by atoms with Gasteiger partial charge in [0.15, 0.2) is 0 Å². The van der Waals surface area contributed by atoms with Gasteiger partial charge in [0.25, 0.3) is 35.4 Å². The van der Waals surface area contributed by atoms with Gasteiger partial charge in [0, 0.05) is 136 Å². The molecule has 129 heavy (non-hydrogen) atoms. The molecule has 0 aliphatic heterocycles. The number of nitrogens with one attached hydrogen (secondary N) is 6. The number of nitrogens with zero attached hydrogens (tertiary/aromatic N) is 3. The van der Waals surface area contributed by atoms with Crippen molar-refractivity contribution in [3.8, 4) is 11.8 Å². The van der Waals surface area contributed by atoms with E-state index in [4.69, 9.17) is 0 Å². The first-order valence-corrected chi connectivity index (χ1v) is 44.9. The van der Waals surface area contributed by atoms with Gasteiger partial charge in [-0.05, 0) is 263 Å². The summed E-state index contributed by atoms with van der Waals surface area (Å²) in [6, 6.07) is 45.7. The van der Waals surface area contributed by atoms with Crippen LogP contribution in [0.4, 0.5) is 26.3 Å². The lowest BCUT2D eigenvalue weighted by molar-refractivity contribution is 0.0747. The summed E-state index contributed by atoms with van der Waals surface area (Å²) in [5.74, 6) is -0.440. The lowest BCUT2D eigenvalue weighted by atomic mass is 9.99. The minimum absolute atomic E-state index is 0.00156. The number of aliphatic hydroxyl groups is 3. The van der Waals surface area contributed by atoms with Crippen molar-refractivity contribution in [3.63, 3.8) is 0 Å². The third kappa shape index (κ3) is 35.4. The fourth-order valence-electron chi connectivity index (χ4n) is 15.4. The monoisotopic (exact) mass is 1770 g/mol. The third-order valence-electron chi connectivity index (χ3n) is 21.1. The van der Waals surface area contributed by atoms with E-state index in [0.29, 0.717) is 92.3 Å². The SMILES string of the molecule is C/C=C\c1cccc(CNC[C@@H](O)[C@H](Cc2cc(F)cc(F)c2)NC(=O)c2cc(C)cc(C(=O)N(CCC)CCC)c2)c1.CC#Cc1cccc(CNC[C@@H](O)[C@H](Cc2cc(F)cc(F)c2)NC(=O)c2cc(C)cc(C(=O)N(CCC)CCC)c2)c1.CCCc1cccc(CNC[C@@H](O)[C@H](Cc2cc(F)cc(F)c2)NC(=O)c2cc(C)cc(C(=O)N(CCC)CCC)c2)c1. The van der Waals surface area contributed by atoms with E-state index < -0.39 is 89.1 Å². The number of carbonyl (C=O) groups excluding carboxylic acids is 6. The molecule has 0 aliphatic carbocycles. The zero-order chi connectivity index (χ0) is 94.1. The minimum atomic E-state index is -1.09. The minimum Gasteiger partial charge on any atom is -0.390 e. The predicted molar refractivity (Wildman–Crippen MR) is 501 cm³/mol. The van der Waals surface area contributed by atoms with Gasteiger partial charge in [0.1, 0.15) is 34.9 Å². The molecule has 0 bridgehead atoms. The van der Waals surface area contributed by atoms with Crippen LogP contribution in [0.3, 0.4) is 0 Å². The second kappa shape index (κ2) is 54.7. The topological polar surface area (TPSA) is 245 Å². The number of aliphatic hydroxyl groups excluding tert-OH is 3. The number of hydrogen-bond donors (Lipinski definition) is 9. The molecule has 0 radical (unpaired) electrons. The van der Waals surface area contributed by atoms with Gasteiger partial charge < -0.3 is 61.9 Å². The van der Waals surface area contributed by atoms with Gasteiger partial charge in [0.2, 0.25) is 0 Å². The van der Waals surface area contributed by atoms with Crippen LogP contribution in [0, 0.1) is 67.5 Å². The van der Waals surface area contributed by atoms with Crippen molar-refractivity contribution in [1.29, 1.82) is 0 Å². The van der Waals surface area contributed by atoms with Crippen molar-refractivity contribution in [2.24, 2.45) is 0 Å². The second-order valence-electron chi connectivity index (χ2n) is 32.8. The van der Waals surface area contributed by atoms with Crippen molar-refractivity contribution in [2.75, 3.05) is 58.9 Å². The summed E-state index contributed by atoms with van der Waals surface area (Å²) in [4.78, 5) is 85.6. The van der Waals surface area contributed by atoms with Crippen LogP contribution in [0.1, 0.15) is 236 Å². The van der Waals surface area contributed by atoms with Crippen molar-refractivity contribution in [2.45, 2.75) is 210 Å². The van der Waals surface area contributed by atoms with Crippen LogP contribution >= 0.6 is 0 Å². The van der Waals surface area contributed by atoms with E-state index in [0.717, 1.165) is 114 Å². The summed E-state index contributed by atoms with van der Waals surface area (Å²) in [5, 5.41) is 51.8. The van der Waals surface area contributed by atoms with Gasteiger partial charge >= 0.3 is 0 Å². The van der Waals surface area contributed by atoms with E-state index in [9.17, 15) is 70.4 Å². The van der Waals surface area contributed by atoms with Crippen LogP contribution in [0.25, 0.3) is 6.08 Å². The fraction of sp³-hybridized carbons (Fsp3) is 0.390. The first kappa shape index (κ1) is 104. The fourth-order valence-corrected chi connectivity index (χ4v) is 15.4. The molecule has 9 aromatic rings. The predicted octanol–water partition coefficient (Wildman–Crippen LogP) is 17.4.